The molecule has 1 aromatic carbocycles. The maximum Gasteiger partial charge on any atom is 0.236 e. The molecule has 152 valence electrons. The fourth-order valence-corrected chi connectivity index (χ4v) is 4.39. The first kappa shape index (κ1) is 19.8. The summed E-state index contributed by atoms with van der Waals surface area (Å²) in [5, 5.41) is 13.1. The van der Waals surface area contributed by atoms with E-state index in [1.165, 1.54) is 6.07 Å². The number of thioether (sulfide) groups is 1. The number of nitrogen functional groups attached to an aromatic ring is 2. The number of anilines is 3. The average Bonchev–Trinajstić information content (AvgIpc) is 3.05. The smallest absolute Gasteiger partial charge is 0.236 e. The molecule has 1 aliphatic rings. The zero-order chi connectivity index (χ0) is 21.1. The Labute approximate surface area is 178 Å². The van der Waals surface area contributed by atoms with E-state index in [2.05, 4.69) is 21.4 Å². The first-order valence-corrected chi connectivity index (χ1v) is 10.6. The molecule has 0 saturated heterocycles. The molecular weight excluding hydrogens is 398 g/mol. The highest BCUT2D eigenvalue weighted by Crippen LogP contribution is 2.35. The first-order chi connectivity index (χ1) is 14.6. The van der Waals surface area contributed by atoms with Crippen LogP contribution in [0.4, 0.5) is 17.5 Å². The summed E-state index contributed by atoms with van der Waals surface area (Å²) in [5.41, 5.74) is 15.0. The minimum atomic E-state index is -0.256. The molecule has 2 heterocycles. The maximum absolute atomic E-state index is 12.7. The van der Waals surface area contributed by atoms with Crippen molar-refractivity contribution in [3.63, 3.8) is 0 Å². The molecule has 1 aliphatic carbocycles. The van der Waals surface area contributed by atoms with Gasteiger partial charge in [-0.2, -0.15) is 5.26 Å². The zero-order valence-electron chi connectivity index (χ0n) is 16.3. The molecule has 2 aromatic heterocycles. The topological polar surface area (TPSA) is 136 Å². The van der Waals surface area contributed by atoms with Gasteiger partial charge in [-0.1, -0.05) is 30.0 Å². The number of rotatable bonds is 5. The van der Waals surface area contributed by atoms with Crippen LogP contribution in [0, 0.1) is 11.3 Å². The fraction of sp³-hybridized carbons (Fsp3) is 0.238. The summed E-state index contributed by atoms with van der Waals surface area (Å²) < 4.78 is 2.00. The van der Waals surface area contributed by atoms with Gasteiger partial charge in [0.1, 0.15) is 23.5 Å². The summed E-state index contributed by atoms with van der Waals surface area (Å²) in [6, 6.07) is 13.5. The SMILES string of the molecule is N#Cc1c2c(n(-c3ccccc3)c1NC(=O)CSc1nc(N)cc(N)n1)CCCC2. The van der Waals surface area contributed by atoms with E-state index in [0.29, 0.717) is 16.5 Å². The summed E-state index contributed by atoms with van der Waals surface area (Å²) in [4.78, 5) is 20.9. The van der Waals surface area contributed by atoms with E-state index in [-0.39, 0.29) is 23.3 Å². The van der Waals surface area contributed by atoms with E-state index in [0.717, 1.165) is 54.4 Å². The van der Waals surface area contributed by atoms with Gasteiger partial charge in [0.2, 0.25) is 5.91 Å². The van der Waals surface area contributed by atoms with Crippen molar-refractivity contribution in [3.05, 3.63) is 53.2 Å². The second kappa shape index (κ2) is 8.47. The summed E-state index contributed by atoms with van der Waals surface area (Å²) >= 11 is 1.14. The van der Waals surface area contributed by atoms with Crippen LogP contribution in [0.15, 0.2) is 41.6 Å². The van der Waals surface area contributed by atoms with Gasteiger partial charge in [-0.3, -0.25) is 9.36 Å². The number of carbonyl (C=O) groups excluding carboxylic acids is 1. The van der Waals surface area contributed by atoms with Gasteiger partial charge in [-0.15, -0.1) is 0 Å². The van der Waals surface area contributed by atoms with Crippen LogP contribution >= 0.6 is 11.8 Å². The Morgan fingerprint density at radius 1 is 1.17 bits per heavy atom. The minimum Gasteiger partial charge on any atom is -0.383 e. The van der Waals surface area contributed by atoms with E-state index >= 15 is 0 Å². The predicted molar refractivity (Wildman–Crippen MR) is 117 cm³/mol. The van der Waals surface area contributed by atoms with Gasteiger partial charge in [0, 0.05) is 17.4 Å². The van der Waals surface area contributed by atoms with Crippen molar-refractivity contribution in [3.8, 4) is 11.8 Å². The van der Waals surface area contributed by atoms with Gasteiger partial charge in [-0.25, -0.2) is 9.97 Å². The number of para-hydroxylation sites is 1. The Hall–Kier alpha value is -3.51. The number of nitrogens with zero attached hydrogens (tertiary/aromatic N) is 4. The fourth-order valence-electron chi connectivity index (χ4n) is 3.72. The molecule has 0 bridgehead atoms. The van der Waals surface area contributed by atoms with Crippen LogP contribution in [0.5, 0.6) is 0 Å². The zero-order valence-corrected chi connectivity index (χ0v) is 17.1. The predicted octanol–water partition coefficient (Wildman–Crippen LogP) is 2.91. The number of hydrogen-bond acceptors (Lipinski definition) is 7. The van der Waals surface area contributed by atoms with Crippen molar-refractivity contribution < 1.29 is 4.79 Å². The molecule has 30 heavy (non-hydrogen) atoms. The highest BCUT2D eigenvalue weighted by atomic mass is 32.2. The van der Waals surface area contributed by atoms with Gasteiger partial charge in [0.25, 0.3) is 0 Å². The van der Waals surface area contributed by atoms with Gasteiger partial charge < -0.3 is 16.8 Å². The number of hydrogen-bond donors (Lipinski definition) is 3. The lowest BCUT2D eigenvalue weighted by Crippen LogP contribution is -2.18. The third-order valence-electron chi connectivity index (χ3n) is 4.93. The van der Waals surface area contributed by atoms with Gasteiger partial charge in [-0.05, 0) is 43.4 Å². The third kappa shape index (κ3) is 3.95. The van der Waals surface area contributed by atoms with Crippen molar-refractivity contribution in [1.29, 1.82) is 5.26 Å². The van der Waals surface area contributed by atoms with Gasteiger partial charge >= 0.3 is 0 Å². The van der Waals surface area contributed by atoms with Crippen LogP contribution in [-0.4, -0.2) is 26.2 Å². The lowest BCUT2D eigenvalue weighted by atomic mass is 9.95. The Bertz CT molecular complexity index is 1110. The van der Waals surface area contributed by atoms with Gasteiger partial charge in [0.05, 0.1) is 11.3 Å². The summed E-state index contributed by atoms with van der Waals surface area (Å²) in [6.45, 7) is 0. The quantitative estimate of drug-likeness (QED) is 0.427. The highest BCUT2D eigenvalue weighted by molar-refractivity contribution is 7.99. The number of nitrogens with one attached hydrogen (secondary N) is 1. The van der Waals surface area contributed by atoms with Crippen LogP contribution in [0.3, 0.4) is 0 Å². The minimum absolute atomic E-state index is 0.0679. The molecule has 5 N–H and O–H groups in total. The van der Waals surface area contributed by atoms with Crippen molar-refractivity contribution in [2.75, 3.05) is 22.5 Å². The van der Waals surface area contributed by atoms with E-state index < -0.39 is 0 Å². The van der Waals surface area contributed by atoms with Crippen LogP contribution in [0.25, 0.3) is 5.69 Å². The molecule has 8 nitrogen and oxygen atoms in total. The van der Waals surface area contributed by atoms with Crippen LogP contribution in [-0.2, 0) is 17.6 Å². The van der Waals surface area contributed by atoms with E-state index in [4.69, 9.17) is 11.5 Å². The molecule has 0 atom stereocenters. The molecule has 3 aromatic rings. The molecule has 0 fully saturated rings. The second-order valence-electron chi connectivity index (χ2n) is 6.98. The number of aromatic nitrogens is 3. The highest BCUT2D eigenvalue weighted by Gasteiger charge is 2.26. The summed E-state index contributed by atoms with van der Waals surface area (Å²) in [7, 11) is 0. The van der Waals surface area contributed by atoms with Crippen LogP contribution in [0.1, 0.15) is 29.7 Å². The number of amides is 1. The van der Waals surface area contributed by atoms with E-state index in [9.17, 15) is 10.1 Å². The van der Waals surface area contributed by atoms with Crippen molar-refractivity contribution in [2.24, 2.45) is 0 Å². The lowest BCUT2D eigenvalue weighted by molar-refractivity contribution is -0.113. The number of nitrogens with two attached hydrogens (primary N) is 2. The van der Waals surface area contributed by atoms with E-state index in [1.807, 2.05) is 34.9 Å². The number of carbonyl (C=O) groups is 1. The molecule has 0 spiro atoms. The van der Waals surface area contributed by atoms with Crippen LogP contribution < -0.4 is 16.8 Å². The molecule has 0 saturated carbocycles. The molecule has 0 radical (unpaired) electrons. The Balaban J connectivity index is 1.64. The van der Waals surface area contributed by atoms with Crippen molar-refractivity contribution in [1.82, 2.24) is 14.5 Å². The van der Waals surface area contributed by atoms with E-state index in [1.54, 1.807) is 0 Å². The summed E-state index contributed by atoms with van der Waals surface area (Å²) in [6.07, 6.45) is 3.82. The monoisotopic (exact) mass is 419 g/mol. The molecular formula is C21H21N7OS. The molecule has 4 rings (SSSR count). The second-order valence-corrected chi connectivity index (χ2v) is 7.92. The Morgan fingerprint density at radius 2 is 1.87 bits per heavy atom. The summed E-state index contributed by atoms with van der Waals surface area (Å²) in [5.74, 6) is 0.839. The molecule has 9 heteroatoms. The first-order valence-electron chi connectivity index (χ1n) is 9.61. The van der Waals surface area contributed by atoms with Crippen molar-refractivity contribution >= 4 is 35.1 Å². The number of nitriles is 1. The van der Waals surface area contributed by atoms with Gasteiger partial charge in [0.15, 0.2) is 5.16 Å². The van der Waals surface area contributed by atoms with Crippen molar-refractivity contribution in [2.45, 2.75) is 30.8 Å². The van der Waals surface area contributed by atoms with Crippen LogP contribution in [0.2, 0.25) is 0 Å². The Kier molecular flexibility index (Phi) is 5.59. The normalized spacial score (nSPS) is 12.8. The number of fused-ring (bicyclic) bond motifs is 1. The molecule has 1 amide bonds. The number of benzene rings is 1. The average molecular weight is 420 g/mol. The maximum atomic E-state index is 12.7. The Morgan fingerprint density at radius 3 is 2.57 bits per heavy atom. The molecule has 0 unspecified atom stereocenters. The molecule has 0 aliphatic heterocycles. The lowest BCUT2D eigenvalue weighted by Gasteiger charge is -2.17. The standard InChI is InChI=1S/C21H21N7OS/c22-11-15-14-8-4-5-9-16(14)28(13-6-2-1-3-7-13)20(15)27-19(29)12-30-21-25-17(23)10-18(24)26-21/h1-3,6-7,10H,4-5,8-9,12H2,(H,27,29)(H4,23,24,25,26). The largest absolute Gasteiger partial charge is 0.383 e. The third-order valence-corrected chi connectivity index (χ3v) is 5.78.